The molecule has 2 aromatic carbocycles. The van der Waals surface area contributed by atoms with E-state index in [4.69, 9.17) is 40.3 Å². The number of nitrogens with two attached hydrogens (primary N) is 2. The molecule has 10 N–H and O–H groups in total. The van der Waals surface area contributed by atoms with Gasteiger partial charge in [0.2, 0.25) is 17.7 Å². The number of nitrogens with one attached hydrogen (secondary N) is 4. The van der Waals surface area contributed by atoms with Gasteiger partial charge in [-0.05, 0) is 87.6 Å². The summed E-state index contributed by atoms with van der Waals surface area (Å²) in [5.74, 6) is -4.75. The Balaban J connectivity index is 0.00000210. The number of hydrogen-bond acceptors (Lipinski definition) is 13. The summed E-state index contributed by atoms with van der Waals surface area (Å²) in [7, 11) is 0. The molecular formula is C43H65F3N6O13. The van der Waals surface area contributed by atoms with Crippen LogP contribution in [0.5, 0.6) is 0 Å². The average molecular weight is 931 g/mol. The lowest BCUT2D eigenvalue weighted by Crippen LogP contribution is -2.47. The topological polar surface area (TPSA) is 289 Å². The van der Waals surface area contributed by atoms with Crippen LogP contribution in [-0.4, -0.2) is 130 Å². The lowest BCUT2D eigenvalue weighted by atomic mass is 10.1. The van der Waals surface area contributed by atoms with Crippen molar-refractivity contribution in [3.05, 3.63) is 59.2 Å². The molecule has 65 heavy (non-hydrogen) atoms. The Kier molecular flexibility index (Phi) is 30.4. The van der Waals surface area contributed by atoms with E-state index in [1.54, 1.807) is 0 Å². The van der Waals surface area contributed by atoms with E-state index in [-0.39, 0.29) is 47.3 Å². The second kappa shape index (κ2) is 34.2. The van der Waals surface area contributed by atoms with Crippen molar-refractivity contribution in [2.45, 2.75) is 90.1 Å². The van der Waals surface area contributed by atoms with E-state index in [0.717, 1.165) is 43.7 Å². The van der Waals surface area contributed by atoms with Crippen LogP contribution in [0.15, 0.2) is 42.5 Å². The van der Waals surface area contributed by atoms with Crippen LogP contribution in [-0.2, 0) is 60.4 Å². The van der Waals surface area contributed by atoms with Crippen LogP contribution < -0.4 is 32.7 Å². The van der Waals surface area contributed by atoms with Gasteiger partial charge in [-0.25, -0.2) is 4.79 Å². The zero-order valence-corrected chi connectivity index (χ0v) is 37.0. The lowest BCUT2D eigenvalue weighted by molar-refractivity contribution is -0.159. The molecule has 0 bridgehead atoms. The molecule has 0 aliphatic heterocycles. The SMILES string of the molecule is CCOCCOCC(=O)NCCCCCC(=O)NCCCCCC(=O)Nc1cc(CO[C@H](C(=O)O)[C@H](N)C(=O)O)cc(NC(=O)c2ccc(C(F)(F)F)cc2)c1.CCOCCOCCN. The van der Waals surface area contributed by atoms with Gasteiger partial charge in [0.1, 0.15) is 12.6 Å². The monoisotopic (exact) mass is 930 g/mol. The fourth-order valence-electron chi connectivity index (χ4n) is 5.45. The molecule has 0 radical (unpaired) electrons. The summed E-state index contributed by atoms with van der Waals surface area (Å²) >= 11 is 0. The highest BCUT2D eigenvalue weighted by molar-refractivity contribution is 6.04. The van der Waals surface area contributed by atoms with Crippen molar-refractivity contribution < 1.29 is 75.8 Å². The molecule has 0 aliphatic rings. The zero-order valence-electron chi connectivity index (χ0n) is 37.0. The first-order valence-electron chi connectivity index (χ1n) is 21.3. The molecule has 4 amide bonds. The molecule has 2 rings (SSSR count). The maximum Gasteiger partial charge on any atom is 0.416 e. The third-order valence-corrected chi connectivity index (χ3v) is 8.75. The number of unbranched alkanes of at least 4 members (excludes halogenated alkanes) is 4. The van der Waals surface area contributed by atoms with Crippen molar-refractivity contribution in [1.29, 1.82) is 0 Å². The molecule has 366 valence electrons. The van der Waals surface area contributed by atoms with Crippen LogP contribution in [0.25, 0.3) is 0 Å². The quantitative estimate of drug-likeness (QED) is 0.0474. The Morgan fingerprint density at radius 1 is 0.662 bits per heavy atom. The molecule has 0 aromatic heterocycles. The van der Waals surface area contributed by atoms with Gasteiger partial charge in [-0.2, -0.15) is 13.2 Å². The van der Waals surface area contributed by atoms with E-state index < -0.39 is 54.2 Å². The molecule has 0 heterocycles. The molecule has 0 spiro atoms. The van der Waals surface area contributed by atoms with Crippen LogP contribution in [0.4, 0.5) is 24.5 Å². The second-order valence-corrected chi connectivity index (χ2v) is 14.1. The average Bonchev–Trinajstić information content (AvgIpc) is 3.25. The van der Waals surface area contributed by atoms with Crippen molar-refractivity contribution in [2.24, 2.45) is 11.5 Å². The minimum Gasteiger partial charge on any atom is -0.480 e. The summed E-state index contributed by atoms with van der Waals surface area (Å²) in [5.41, 5.74) is 10.00. The number of hydrogen-bond donors (Lipinski definition) is 8. The van der Waals surface area contributed by atoms with Gasteiger partial charge >= 0.3 is 18.1 Å². The molecule has 0 fully saturated rings. The van der Waals surface area contributed by atoms with Crippen LogP contribution in [0.1, 0.15) is 86.7 Å². The number of carboxylic acid groups (broad SMARTS) is 2. The highest BCUT2D eigenvalue weighted by Crippen LogP contribution is 2.29. The largest absolute Gasteiger partial charge is 0.480 e. The Bertz CT molecular complexity index is 1720. The van der Waals surface area contributed by atoms with E-state index in [2.05, 4.69) is 21.3 Å². The van der Waals surface area contributed by atoms with Gasteiger partial charge in [0.15, 0.2) is 6.10 Å². The van der Waals surface area contributed by atoms with Crippen molar-refractivity contribution in [3.8, 4) is 0 Å². The van der Waals surface area contributed by atoms with Crippen molar-refractivity contribution in [3.63, 3.8) is 0 Å². The van der Waals surface area contributed by atoms with Gasteiger partial charge in [0.25, 0.3) is 5.91 Å². The summed E-state index contributed by atoms with van der Waals surface area (Å²) < 4.78 is 64.5. The normalized spacial score (nSPS) is 12.0. The number of ether oxygens (including phenoxy) is 5. The molecule has 19 nitrogen and oxygen atoms in total. The van der Waals surface area contributed by atoms with Gasteiger partial charge < -0.3 is 66.6 Å². The van der Waals surface area contributed by atoms with E-state index in [1.165, 1.54) is 18.2 Å². The van der Waals surface area contributed by atoms with Crippen molar-refractivity contribution in [2.75, 3.05) is 83.1 Å². The maximum atomic E-state index is 13.0. The number of amides is 4. The fraction of sp³-hybridized carbons (Fsp3) is 0.581. The number of carboxylic acids is 2. The summed E-state index contributed by atoms with van der Waals surface area (Å²) in [6.45, 7) is 8.90. The summed E-state index contributed by atoms with van der Waals surface area (Å²) in [6, 6.07) is 5.69. The Morgan fingerprint density at radius 3 is 1.74 bits per heavy atom. The summed E-state index contributed by atoms with van der Waals surface area (Å²) in [6.07, 6.45) is -2.25. The predicted octanol–water partition coefficient (Wildman–Crippen LogP) is 3.68. The van der Waals surface area contributed by atoms with Crippen molar-refractivity contribution >= 4 is 46.9 Å². The number of halogens is 3. The minimum atomic E-state index is -4.60. The first-order valence-corrected chi connectivity index (χ1v) is 21.3. The first-order chi connectivity index (χ1) is 31.0. The minimum absolute atomic E-state index is 0.0299. The smallest absolute Gasteiger partial charge is 0.416 e. The van der Waals surface area contributed by atoms with E-state index in [9.17, 15) is 47.0 Å². The Labute approximate surface area is 376 Å². The highest BCUT2D eigenvalue weighted by atomic mass is 19.4. The standard InChI is InChI=1S/C37H50F3N5O11.C6H15NO2/c1-2-54-17-18-55-23-31(48)43-16-8-3-5-9-29(46)42-15-7-4-6-10-30(47)44-27-19-24(22-56-33(36(52)53)32(41)35(50)51)20-28(21-27)45-34(49)25-11-13-26(14-12-25)37(38,39)40;1-2-8-5-6-9-4-3-7/h11-14,19-21,32-33H,2-10,15-18,22-23,41H2,1H3,(H,42,46)(H,43,48)(H,44,47)(H,45,49)(H,50,51)(H,52,53);2-7H2,1H3/t32-,33-;/m0./s1. The lowest BCUT2D eigenvalue weighted by Gasteiger charge is -2.18. The van der Waals surface area contributed by atoms with E-state index in [1.807, 2.05) is 13.8 Å². The predicted molar refractivity (Wildman–Crippen MR) is 233 cm³/mol. The van der Waals surface area contributed by atoms with Gasteiger partial charge in [-0.3, -0.25) is 24.0 Å². The second-order valence-electron chi connectivity index (χ2n) is 14.1. The third kappa shape index (κ3) is 27.6. The number of benzene rings is 2. The van der Waals surface area contributed by atoms with Crippen molar-refractivity contribution in [1.82, 2.24) is 10.6 Å². The summed E-state index contributed by atoms with van der Waals surface area (Å²) in [4.78, 5) is 72.3. The number of alkyl halides is 3. The molecule has 0 aliphatic carbocycles. The highest BCUT2D eigenvalue weighted by Gasteiger charge is 2.32. The Hall–Kier alpha value is -5.23. The number of anilines is 2. The van der Waals surface area contributed by atoms with Crippen LogP contribution in [0.3, 0.4) is 0 Å². The number of rotatable bonds is 33. The van der Waals surface area contributed by atoms with Gasteiger partial charge in [0.05, 0.1) is 45.2 Å². The van der Waals surface area contributed by atoms with Gasteiger partial charge in [0, 0.05) is 62.6 Å². The van der Waals surface area contributed by atoms with E-state index >= 15 is 0 Å². The Morgan fingerprint density at radius 2 is 1.20 bits per heavy atom. The summed E-state index contributed by atoms with van der Waals surface area (Å²) in [5, 5.41) is 29.3. The molecule has 0 saturated heterocycles. The molecule has 0 saturated carbocycles. The molecule has 2 aromatic rings. The zero-order chi connectivity index (χ0) is 48.5. The maximum absolute atomic E-state index is 13.0. The third-order valence-electron chi connectivity index (χ3n) is 8.75. The molecule has 22 heteroatoms. The molecule has 0 unspecified atom stereocenters. The van der Waals surface area contributed by atoms with Crippen LogP contribution >= 0.6 is 0 Å². The number of aliphatic carboxylic acids is 2. The first kappa shape index (κ1) is 57.8. The van der Waals surface area contributed by atoms with Gasteiger partial charge in [-0.15, -0.1) is 0 Å². The molecular weight excluding hydrogens is 865 g/mol. The molecule has 2 atom stereocenters. The van der Waals surface area contributed by atoms with E-state index in [0.29, 0.717) is 91.4 Å². The number of carbonyl (C=O) groups is 6. The fourth-order valence-corrected chi connectivity index (χ4v) is 5.45. The number of carbonyl (C=O) groups excluding carboxylic acids is 4. The van der Waals surface area contributed by atoms with Crippen LogP contribution in [0, 0.1) is 0 Å². The van der Waals surface area contributed by atoms with Crippen LogP contribution in [0.2, 0.25) is 0 Å². The van der Waals surface area contributed by atoms with Gasteiger partial charge in [-0.1, -0.05) is 12.8 Å².